The molecule has 3 aromatic rings. The van der Waals surface area contributed by atoms with Gasteiger partial charge in [-0.05, 0) is 29.3 Å². The van der Waals surface area contributed by atoms with E-state index in [9.17, 15) is 9.59 Å². The Hall–Kier alpha value is -3.93. The van der Waals surface area contributed by atoms with Gasteiger partial charge >= 0.3 is 0 Å². The number of methoxy groups -OCH3 is 2. The summed E-state index contributed by atoms with van der Waals surface area (Å²) >= 11 is 0. The van der Waals surface area contributed by atoms with Gasteiger partial charge in [-0.2, -0.15) is 0 Å². The molecule has 0 radical (unpaired) electrons. The molecular formula is C25H22N2O4. The second-order valence-corrected chi connectivity index (χ2v) is 7.06. The molecule has 0 saturated heterocycles. The number of nitrogens with zero attached hydrogens (tertiary/aromatic N) is 2. The van der Waals surface area contributed by atoms with E-state index >= 15 is 0 Å². The highest BCUT2D eigenvalue weighted by Crippen LogP contribution is 2.38. The summed E-state index contributed by atoms with van der Waals surface area (Å²) in [5, 5.41) is 0. The third kappa shape index (κ3) is 3.92. The minimum absolute atomic E-state index is 0.370. The highest BCUT2D eigenvalue weighted by atomic mass is 16.5. The molecule has 1 atom stereocenters. The van der Waals surface area contributed by atoms with Crippen molar-refractivity contribution in [3.8, 4) is 11.5 Å². The molecule has 0 aliphatic carbocycles. The van der Waals surface area contributed by atoms with E-state index in [0.29, 0.717) is 34.9 Å². The van der Waals surface area contributed by atoms with Gasteiger partial charge in [-0.3, -0.25) is 14.6 Å². The Balaban J connectivity index is 1.74. The van der Waals surface area contributed by atoms with Gasteiger partial charge in [-0.1, -0.05) is 48.5 Å². The molecule has 1 heterocycles. The summed E-state index contributed by atoms with van der Waals surface area (Å²) < 4.78 is 10.7. The molecule has 0 fully saturated rings. The van der Waals surface area contributed by atoms with Crippen LogP contribution in [0.5, 0.6) is 11.5 Å². The van der Waals surface area contributed by atoms with Gasteiger partial charge in [0, 0.05) is 17.8 Å². The van der Waals surface area contributed by atoms with E-state index in [0.717, 1.165) is 5.56 Å². The molecule has 2 amide bonds. The van der Waals surface area contributed by atoms with Crippen LogP contribution in [0.2, 0.25) is 0 Å². The Morgan fingerprint density at radius 3 is 2.42 bits per heavy atom. The molecule has 6 nitrogen and oxygen atoms in total. The first kappa shape index (κ1) is 20.3. The van der Waals surface area contributed by atoms with Crippen molar-refractivity contribution in [3.63, 3.8) is 0 Å². The van der Waals surface area contributed by atoms with Crippen LogP contribution in [0.25, 0.3) is 0 Å². The number of carbonyl (C=O) groups is 2. The number of hydrogen-bond donors (Lipinski definition) is 0. The number of anilines is 1. The second kappa shape index (κ2) is 8.83. The first-order chi connectivity index (χ1) is 15.1. The smallest absolute Gasteiger partial charge is 0.265 e. The van der Waals surface area contributed by atoms with Gasteiger partial charge in [-0.25, -0.2) is 4.90 Å². The van der Waals surface area contributed by atoms with Crippen molar-refractivity contribution in [1.82, 2.24) is 0 Å². The van der Waals surface area contributed by atoms with Gasteiger partial charge in [0.1, 0.15) is 11.5 Å². The zero-order chi connectivity index (χ0) is 21.8. The van der Waals surface area contributed by atoms with Crippen LogP contribution in [0.15, 0.2) is 77.8 Å². The van der Waals surface area contributed by atoms with Crippen molar-refractivity contribution in [2.24, 2.45) is 4.99 Å². The lowest BCUT2D eigenvalue weighted by atomic mass is 9.88. The predicted molar refractivity (Wildman–Crippen MR) is 119 cm³/mol. The summed E-state index contributed by atoms with van der Waals surface area (Å²) in [4.78, 5) is 32.4. The fourth-order valence-electron chi connectivity index (χ4n) is 3.64. The van der Waals surface area contributed by atoms with Gasteiger partial charge in [0.05, 0.1) is 32.4 Å². The zero-order valence-corrected chi connectivity index (χ0v) is 17.3. The van der Waals surface area contributed by atoms with Crippen molar-refractivity contribution in [3.05, 3.63) is 89.5 Å². The largest absolute Gasteiger partial charge is 0.497 e. The quantitative estimate of drug-likeness (QED) is 0.447. The van der Waals surface area contributed by atoms with E-state index in [1.54, 1.807) is 49.7 Å². The molecule has 0 bridgehead atoms. The molecule has 3 aromatic carbocycles. The van der Waals surface area contributed by atoms with Crippen LogP contribution in [0.3, 0.4) is 0 Å². The van der Waals surface area contributed by atoms with E-state index < -0.39 is 11.8 Å². The number of fused-ring (bicyclic) bond motifs is 1. The first-order valence-corrected chi connectivity index (χ1v) is 9.87. The maximum atomic E-state index is 13.5. The van der Waals surface area contributed by atoms with Gasteiger partial charge in [0.15, 0.2) is 0 Å². The average molecular weight is 414 g/mol. The summed E-state index contributed by atoms with van der Waals surface area (Å²) in [6.07, 6.45) is 1.63. The monoisotopic (exact) mass is 414 g/mol. The van der Waals surface area contributed by atoms with Crippen molar-refractivity contribution in [2.45, 2.75) is 12.5 Å². The molecule has 4 rings (SSSR count). The first-order valence-electron chi connectivity index (χ1n) is 9.87. The molecule has 1 aliphatic heterocycles. The minimum atomic E-state index is -0.676. The van der Waals surface area contributed by atoms with E-state index in [2.05, 4.69) is 4.99 Å². The average Bonchev–Trinajstić information content (AvgIpc) is 2.82. The van der Waals surface area contributed by atoms with Gasteiger partial charge in [0.2, 0.25) is 5.91 Å². The standard InChI is InChI=1S/C25H22N2O4/c1-30-18-12-13-22(23(14-18)31-2)27-24(28)20-11-7-6-10-19(20)21(25(27)29)16-26-15-17-8-4-3-5-9-17/h3-14,16,21H,15H2,1-2H3/t21-/m1/s1. The number of benzene rings is 3. The number of aliphatic imine (C=N–C) groups is 1. The van der Waals surface area contributed by atoms with E-state index in [1.807, 2.05) is 36.4 Å². The molecule has 0 spiro atoms. The molecule has 156 valence electrons. The SMILES string of the molecule is COc1ccc(N2C(=O)c3ccccc3[C@@H](C=NCc3ccccc3)C2=O)c(OC)c1. The Bertz CT molecular complexity index is 1140. The Kier molecular flexibility index (Phi) is 5.80. The Labute approximate surface area is 180 Å². The van der Waals surface area contributed by atoms with Crippen LogP contribution in [0.1, 0.15) is 27.4 Å². The lowest BCUT2D eigenvalue weighted by molar-refractivity contribution is -0.118. The second-order valence-electron chi connectivity index (χ2n) is 7.06. The van der Waals surface area contributed by atoms with Crippen molar-refractivity contribution < 1.29 is 19.1 Å². The molecule has 0 saturated carbocycles. The summed E-state index contributed by atoms with van der Waals surface area (Å²) in [7, 11) is 3.03. The molecule has 31 heavy (non-hydrogen) atoms. The van der Waals surface area contributed by atoms with Crippen LogP contribution >= 0.6 is 0 Å². The number of imide groups is 1. The number of carbonyl (C=O) groups excluding carboxylic acids is 2. The Morgan fingerprint density at radius 2 is 1.68 bits per heavy atom. The fraction of sp³-hybridized carbons (Fsp3) is 0.160. The number of rotatable bonds is 6. The normalized spacial score (nSPS) is 15.8. The summed E-state index contributed by atoms with van der Waals surface area (Å²) in [5.74, 6) is -0.496. The van der Waals surface area contributed by atoms with Crippen LogP contribution in [0.4, 0.5) is 5.69 Å². The lowest BCUT2D eigenvalue weighted by Gasteiger charge is -2.31. The molecule has 6 heteroatoms. The highest BCUT2D eigenvalue weighted by molar-refractivity contribution is 6.29. The van der Waals surface area contributed by atoms with Crippen molar-refractivity contribution in [1.29, 1.82) is 0 Å². The molecule has 0 N–H and O–H groups in total. The van der Waals surface area contributed by atoms with Crippen LogP contribution < -0.4 is 14.4 Å². The topological polar surface area (TPSA) is 68.2 Å². The van der Waals surface area contributed by atoms with Crippen molar-refractivity contribution in [2.75, 3.05) is 19.1 Å². The predicted octanol–water partition coefficient (Wildman–Crippen LogP) is 4.25. The third-order valence-corrected chi connectivity index (χ3v) is 5.21. The number of hydrogen-bond acceptors (Lipinski definition) is 5. The third-order valence-electron chi connectivity index (χ3n) is 5.21. The summed E-state index contributed by atoms with van der Waals surface area (Å²) in [6, 6.07) is 21.9. The molecular weight excluding hydrogens is 392 g/mol. The summed E-state index contributed by atoms with van der Waals surface area (Å²) in [5.41, 5.74) is 2.53. The molecule has 0 aromatic heterocycles. The lowest BCUT2D eigenvalue weighted by Crippen LogP contribution is -2.45. The van der Waals surface area contributed by atoms with E-state index in [1.165, 1.54) is 12.0 Å². The molecule has 0 unspecified atom stereocenters. The van der Waals surface area contributed by atoms with Crippen LogP contribution in [-0.2, 0) is 11.3 Å². The fourth-order valence-corrected chi connectivity index (χ4v) is 3.64. The maximum absolute atomic E-state index is 13.5. The zero-order valence-electron chi connectivity index (χ0n) is 17.3. The highest BCUT2D eigenvalue weighted by Gasteiger charge is 2.39. The van der Waals surface area contributed by atoms with Gasteiger partial charge in [-0.15, -0.1) is 0 Å². The van der Waals surface area contributed by atoms with E-state index in [4.69, 9.17) is 9.47 Å². The van der Waals surface area contributed by atoms with Crippen LogP contribution in [-0.4, -0.2) is 32.2 Å². The molecule has 1 aliphatic rings. The minimum Gasteiger partial charge on any atom is -0.497 e. The van der Waals surface area contributed by atoms with Gasteiger partial charge in [0.25, 0.3) is 5.91 Å². The van der Waals surface area contributed by atoms with E-state index in [-0.39, 0.29) is 5.91 Å². The maximum Gasteiger partial charge on any atom is 0.265 e. The van der Waals surface area contributed by atoms with Crippen LogP contribution in [0, 0.1) is 0 Å². The Morgan fingerprint density at radius 1 is 0.935 bits per heavy atom. The summed E-state index contributed by atoms with van der Waals surface area (Å²) in [6.45, 7) is 0.451. The van der Waals surface area contributed by atoms with Gasteiger partial charge < -0.3 is 9.47 Å². The number of amides is 2. The number of ether oxygens (including phenoxy) is 2. The van der Waals surface area contributed by atoms with Crippen molar-refractivity contribution >= 4 is 23.7 Å².